The molecule has 3 heteroatoms. The van der Waals surface area contributed by atoms with E-state index in [2.05, 4.69) is 38.7 Å². The summed E-state index contributed by atoms with van der Waals surface area (Å²) in [5.41, 5.74) is 9.08. The van der Waals surface area contributed by atoms with Crippen LogP contribution in [0.1, 0.15) is 45.1 Å². The van der Waals surface area contributed by atoms with Crippen molar-refractivity contribution in [1.29, 1.82) is 0 Å². The summed E-state index contributed by atoms with van der Waals surface area (Å²) < 4.78 is 5.85. The largest absolute Gasteiger partial charge is 0.441 e. The number of nitrogens with zero attached hydrogens (tertiary/aromatic N) is 1. The normalized spacial score (nSPS) is 13.8. The van der Waals surface area contributed by atoms with E-state index >= 15 is 0 Å². The monoisotopic (exact) mass is 274 g/mol. The highest BCUT2D eigenvalue weighted by Crippen LogP contribution is 2.32. The van der Waals surface area contributed by atoms with Crippen LogP contribution in [0.2, 0.25) is 0 Å². The summed E-state index contributed by atoms with van der Waals surface area (Å²) in [5, 5.41) is 0. The number of para-hydroxylation sites is 1. The molecule has 0 saturated heterocycles. The van der Waals surface area contributed by atoms with Gasteiger partial charge in [-0.2, -0.15) is 0 Å². The van der Waals surface area contributed by atoms with Gasteiger partial charge in [-0.05, 0) is 49.3 Å². The van der Waals surface area contributed by atoms with Gasteiger partial charge in [-0.25, -0.2) is 4.98 Å². The van der Waals surface area contributed by atoms with Crippen molar-refractivity contribution in [3.8, 4) is 0 Å². The van der Waals surface area contributed by atoms with Crippen LogP contribution in [0.5, 0.6) is 0 Å². The molecule has 1 aromatic carbocycles. The fraction of sp³-hybridized carbons (Fsp3) is 0.588. The van der Waals surface area contributed by atoms with Crippen molar-refractivity contribution in [2.45, 2.75) is 47.0 Å². The number of fused-ring (bicyclic) bond motifs is 1. The second-order valence-corrected chi connectivity index (χ2v) is 6.71. The Balaban J connectivity index is 2.10. The SMILES string of the molecule is Cc1cccc2oc(CCC(CCN)C(C)(C)C)nc12. The van der Waals surface area contributed by atoms with E-state index in [1.54, 1.807) is 0 Å². The van der Waals surface area contributed by atoms with E-state index in [0.717, 1.165) is 42.8 Å². The van der Waals surface area contributed by atoms with E-state index in [4.69, 9.17) is 10.2 Å². The molecule has 20 heavy (non-hydrogen) atoms. The molecule has 0 spiro atoms. The molecule has 110 valence electrons. The second-order valence-electron chi connectivity index (χ2n) is 6.71. The molecule has 0 aliphatic heterocycles. The lowest BCUT2D eigenvalue weighted by Gasteiger charge is -2.30. The van der Waals surface area contributed by atoms with Crippen molar-refractivity contribution in [2.24, 2.45) is 17.1 Å². The van der Waals surface area contributed by atoms with Crippen molar-refractivity contribution in [2.75, 3.05) is 6.54 Å². The first kappa shape index (κ1) is 15.0. The molecule has 1 heterocycles. The lowest BCUT2D eigenvalue weighted by atomic mass is 9.76. The van der Waals surface area contributed by atoms with Gasteiger partial charge in [0.2, 0.25) is 0 Å². The third-order valence-corrected chi connectivity index (χ3v) is 4.11. The van der Waals surface area contributed by atoms with E-state index in [9.17, 15) is 0 Å². The second kappa shape index (κ2) is 5.96. The van der Waals surface area contributed by atoms with Gasteiger partial charge in [0.15, 0.2) is 11.5 Å². The van der Waals surface area contributed by atoms with Crippen LogP contribution in [-0.2, 0) is 6.42 Å². The summed E-state index contributed by atoms with van der Waals surface area (Å²) in [6.07, 6.45) is 3.02. The first-order valence-electron chi connectivity index (χ1n) is 7.47. The van der Waals surface area contributed by atoms with Crippen LogP contribution in [0.3, 0.4) is 0 Å². The van der Waals surface area contributed by atoms with Gasteiger partial charge in [0.25, 0.3) is 0 Å². The highest BCUT2D eigenvalue weighted by atomic mass is 16.3. The minimum atomic E-state index is 0.279. The molecule has 0 aliphatic rings. The van der Waals surface area contributed by atoms with Gasteiger partial charge in [-0.3, -0.25) is 0 Å². The maximum atomic E-state index is 5.85. The fourth-order valence-electron chi connectivity index (χ4n) is 2.75. The standard InChI is InChI=1S/C17H26N2O/c1-12-6-5-7-14-16(12)19-15(20-14)9-8-13(10-11-18)17(2,3)4/h5-7,13H,8-11,18H2,1-4H3. The van der Waals surface area contributed by atoms with Crippen molar-refractivity contribution in [3.05, 3.63) is 29.7 Å². The van der Waals surface area contributed by atoms with Crippen LogP contribution < -0.4 is 5.73 Å². The minimum Gasteiger partial charge on any atom is -0.441 e. The molecule has 0 radical (unpaired) electrons. The highest BCUT2D eigenvalue weighted by Gasteiger charge is 2.24. The van der Waals surface area contributed by atoms with Crippen LogP contribution in [-0.4, -0.2) is 11.5 Å². The molecule has 0 bridgehead atoms. The molecule has 3 nitrogen and oxygen atoms in total. The van der Waals surface area contributed by atoms with E-state index in [-0.39, 0.29) is 5.41 Å². The molecule has 1 aromatic heterocycles. The lowest BCUT2D eigenvalue weighted by molar-refractivity contribution is 0.211. The van der Waals surface area contributed by atoms with E-state index in [1.165, 1.54) is 5.56 Å². The molecular weight excluding hydrogens is 248 g/mol. The van der Waals surface area contributed by atoms with Crippen molar-refractivity contribution in [3.63, 3.8) is 0 Å². The number of rotatable bonds is 5. The fourth-order valence-corrected chi connectivity index (χ4v) is 2.75. The summed E-state index contributed by atoms with van der Waals surface area (Å²) >= 11 is 0. The Morgan fingerprint density at radius 1 is 1.25 bits per heavy atom. The number of nitrogens with two attached hydrogens (primary N) is 1. The number of oxazole rings is 1. The third kappa shape index (κ3) is 3.40. The smallest absolute Gasteiger partial charge is 0.195 e. The summed E-state index contributed by atoms with van der Waals surface area (Å²) in [6.45, 7) is 9.66. The lowest BCUT2D eigenvalue weighted by Crippen LogP contribution is -2.24. The summed E-state index contributed by atoms with van der Waals surface area (Å²) in [6, 6.07) is 6.07. The number of aromatic nitrogens is 1. The highest BCUT2D eigenvalue weighted by molar-refractivity contribution is 5.76. The van der Waals surface area contributed by atoms with Gasteiger partial charge in [0.1, 0.15) is 5.52 Å². The molecule has 2 N–H and O–H groups in total. The number of hydrogen-bond donors (Lipinski definition) is 1. The summed E-state index contributed by atoms with van der Waals surface area (Å²) in [4.78, 5) is 4.63. The summed E-state index contributed by atoms with van der Waals surface area (Å²) in [7, 11) is 0. The Bertz CT molecular complexity index is 566. The van der Waals surface area contributed by atoms with Gasteiger partial charge in [-0.1, -0.05) is 32.9 Å². The van der Waals surface area contributed by atoms with Crippen molar-refractivity contribution >= 4 is 11.1 Å². The Kier molecular flexibility index (Phi) is 4.48. The van der Waals surface area contributed by atoms with Crippen LogP contribution in [0.4, 0.5) is 0 Å². The minimum absolute atomic E-state index is 0.279. The molecule has 2 aromatic rings. The Labute approximate surface area is 121 Å². The average Bonchev–Trinajstić information content (AvgIpc) is 2.77. The number of aryl methyl sites for hydroxylation is 2. The molecule has 0 aliphatic carbocycles. The van der Waals surface area contributed by atoms with Crippen LogP contribution in [0.25, 0.3) is 11.1 Å². The van der Waals surface area contributed by atoms with Crippen molar-refractivity contribution < 1.29 is 4.42 Å². The Morgan fingerprint density at radius 2 is 2.00 bits per heavy atom. The molecule has 2 rings (SSSR count). The Hall–Kier alpha value is -1.35. The first-order valence-corrected chi connectivity index (χ1v) is 7.47. The zero-order valence-corrected chi connectivity index (χ0v) is 13.1. The van der Waals surface area contributed by atoms with Crippen molar-refractivity contribution in [1.82, 2.24) is 4.98 Å². The van der Waals surface area contributed by atoms with Gasteiger partial charge < -0.3 is 10.2 Å². The first-order chi connectivity index (χ1) is 9.41. The Morgan fingerprint density at radius 3 is 2.60 bits per heavy atom. The number of benzene rings is 1. The maximum absolute atomic E-state index is 5.85. The van der Waals surface area contributed by atoms with Gasteiger partial charge in [0.05, 0.1) is 0 Å². The van der Waals surface area contributed by atoms with Gasteiger partial charge in [-0.15, -0.1) is 0 Å². The van der Waals surface area contributed by atoms with E-state index < -0.39 is 0 Å². The zero-order valence-electron chi connectivity index (χ0n) is 13.1. The van der Waals surface area contributed by atoms with E-state index in [1.807, 2.05) is 12.1 Å². The molecule has 1 atom stereocenters. The van der Waals surface area contributed by atoms with Gasteiger partial charge in [0, 0.05) is 6.42 Å². The van der Waals surface area contributed by atoms with Crippen LogP contribution in [0.15, 0.2) is 22.6 Å². The third-order valence-electron chi connectivity index (χ3n) is 4.11. The van der Waals surface area contributed by atoms with E-state index in [0.29, 0.717) is 5.92 Å². The molecular formula is C17H26N2O. The summed E-state index contributed by atoms with van der Waals surface area (Å²) in [5.74, 6) is 1.45. The molecule has 1 unspecified atom stereocenters. The van der Waals surface area contributed by atoms with Crippen LogP contribution in [0, 0.1) is 18.3 Å². The molecule has 0 amide bonds. The average molecular weight is 274 g/mol. The maximum Gasteiger partial charge on any atom is 0.195 e. The topological polar surface area (TPSA) is 52.0 Å². The number of hydrogen-bond acceptors (Lipinski definition) is 3. The van der Waals surface area contributed by atoms with Crippen LogP contribution >= 0.6 is 0 Å². The quantitative estimate of drug-likeness (QED) is 0.893. The predicted octanol–water partition coefficient (Wildman–Crippen LogP) is 4.08. The molecule has 0 saturated carbocycles. The van der Waals surface area contributed by atoms with Gasteiger partial charge >= 0.3 is 0 Å². The predicted molar refractivity (Wildman–Crippen MR) is 83.7 cm³/mol. The zero-order chi connectivity index (χ0) is 14.8. The molecule has 0 fully saturated rings.